The van der Waals surface area contributed by atoms with Crippen LogP contribution in [-0.4, -0.2) is 40.9 Å². The van der Waals surface area contributed by atoms with Crippen molar-refractivity contribution in [2.75, 3.05) is 23.0 Å². The molecule has 0 radical (unpaired) electrons. The Kier molecular flexibility index (Phi) is 11.7. The van der Waals surface area contributed by atoms with E-state index in [2.05, 4.69) is 39.0 Å². The SMILES string of the molecule is C=C(/C=C(/C)c1cnc(N(N)c2ccc(N(CCC)CCCC(C)=O)cc2)nc1C)NC(=O)NC1CCCCC1. The molecule has 1 aliphatic carbocycles. The highest BCUT2D eigenvalue weighted by molar-refractivity contribution is 5.78. The van der Waals surface area contributed by atoms with E-state index >= 15 is 0 Å². The summed E-state index contributed by atoms with van der Waals surface area (Å²) in [6, 6.07) is 8.00. The maximum absolute atomic E-state index is 12.4. The largest absolute Gasteiger partial charge is 0.372 e. The van der Waals surface area contributed by atoms with E-state index in [1.54, 1.807) is 13.1 Å². The maximum Gasteiger partial charge on any atom is 0.319 e. The van der Waals surface area contributed by atoms with Gasteiger partial charge in [-0.2, -0.15) is 0 Å². The number of urea groups is 1. The van der Waals surface area contributed by atoms with Gasteiger partial charge in [-0.25, -0.2) is 25.6 Å². The fourth-order valence-electron chi connectivity index (χ4n) is 5.05. The van der Waals surface area contributed by atoms with E-state index in [0.29, 0.717) is 18.1 Å². The number of ketones is 1. The molecule has 0 aliphatic heterocycles. The summed E-state index contributed by atoms with van der Waals surface area (Å²) in [5.74, 6) is 7.00. The average Bonchev–Trinajstić information content (AvgIpc) is 2.92. The number of rotatable bonds is 13. The van der Waals surface area contributed by atoms with E-state index < -0.39 is 0 Å². The van der Waals surface area contributed by atoms with Crippen LogP contribution in [-0.2, 0) is 4.79 Å². The lowest BCUT2D eigenvalue weighted by atomic mass is 9.96. The summed E-state index contributed by atoms with van der Waals surface area (Å²) in [4.78, 5) is 35.1. The van der Waals surface area contributed by atoms with Gasteiger partial charge < -0.3 is 20.3 Å². The summed E-state index contributed by atoms with van der Waals surface area (Å²) >= 11 is 0. The second kappa shape index (κ2) is 15.2. The molecule has 1 fully saturated rings. The number of hydrogen-bond acceptors (Lipinski definition) is 7. The molecule has 1 saturated carbocycles. The van der Waals surface area contributed by atoms with Gasteiger partial charge in [-0.1, -0.05) is 32.8 Å². The third-order valence-electron chi connectivity index (χ3n) is 7.16. The number of anilines is 3. The number of Topliss-reactive ketones (excluding diaryl/α,β-unsaturated/α-hetero) is 1. The zero-order valence-corrected chi connectivity index (χ0v) is 24.5. The maximum atomic E-state index is 12.4. The van der Waals surface area contributed by atoms with Gasteiger partial charge in [0.15, 0.2) is 0 Å². The van der Waals surface area contributed by atoms with Gasteiger partial charge in [-0.15, -0.1) is 0 Å². The third-order valence-corrected chi connectivity index (χ3v) is 7.16. The Morgan fingerprint density at radius 1 is 1.10 bits per heavy atom. The van der Waals surface area contributed by atoms with E-state index in [0.717, 1.165) is 79.8 Å². The molecule has 0 bridgehead atoms. The summed E-state index contributed by atoms with van der Waals surface area (Å²) in [5, 5.41) is 7.33. The Bertz CT molecular complexity index is 1190. The van der Waals surface area contributed by atoms with Crippen molar-refractivity contribution in [3.63, 3.8) is 0 Å². The molecule has 9 nitrogen and oxygen atoms in total. The van der Waals surface area contributed by atoms with Gasteiger partial charge in [0.1, 0.15) is 5.78 Å². The number of nitrogens with zero attached hydrogens (tertiary/aromatic N) is 4. The lowest BCUT2D eigenvalue weighted by molar-refractivity contribution is -0.117. The van der Waals surface area contributed by atoms with Gasteiger partial charge in [0.05, 0.1) is 11.4 Å². The molecule has 2 amide bonds. The number of aryl methyl sites for hydroxylation is 1. The zero-order chi connectivity index (χ0) is 29.1. The number of hydrazine groups is 1. The first-order valence-electron chi connectivity index (χ1n) is 14.4. The van der Waals surface area contributed by atoms with Crippen LogP contribution < -0.4 is 26.4 Å². The molecule has 0 spiro atoms. The lowest BCUT2D eigenvalue weighted by Gasteiger charge is -2.25. The number of carbonyl (C=O) groups excluding carboxylic acids is 2. The summed E-state index contributed by atoms with van der Waals surface area (Å²) in [7, 11) is 0. The fraction of sp³-hybridized carbons (Fsp3) is 0.484. The number of benzene rings is 1. The monoisotopic (exact) mass is 547 g/mol. The molecule has 0 atom stereocenters. The lowest BCUT2D eigenvalue weighted by Crippen LogP contribution is -2.42. The predicted octanol–water partition coefficient (Wildman–Crippen LogP) is 5.93. The van der Waals surface area contributed by atoms with E-state index in [-0.39, 0.29) is 17.9 Å². The summed E-state index contributed by atoms with van der Waals surface area (Å²) in [6.45, 7) is 13.4. The van der Waals surface area contributed by atoms with Crippen molar-refractivity contribution in [2.45, 2.75) is 85.1 Å². The number of hydrogen-bond donors (Lipinski definition) is 3. The molecule has 216 valence electrons. The molecule has 9 heteroatoms. The predicted molar refractivity (Wildman–Crippen MR) is 163 cm³/mol. The van der Waals surface area contributed by atoms with Crippen LogP contribution in [0.2, 0.25) is 0 Å². The molecular weight excluding hydrogens is 502 g/mol. The Hall–Kier alpha value is -3.72. The molecule has 40 heavy (non-hydrogen) atoms. The average molecular weight is 548 g/mol. The van der Waals surface area contributed by atoms with Crippen molar-refractivity contribution >= 4 is 34.7 Å². The Morgan fingerprint density at radius 2 is 1.77 bits per heavy atom. The minimum Gasteiger partial charge on any atom is -0.372 e. The summed E-state index contributed by atoms with van der Waals surface area (Å²) in [5.41, 5.74) is 4.88. The van der Waals surface area contributed by atoms with Crippen LogP contribution in [0.5, 0.6) is 0 Å². The van der Waals surface area contributed by atoms with Crippen molar-refractivity contribution in [3.05, 3.63) is 60.1 Å². The topological polar surface area (TPSA) is 116 Å². The van der Waals surface area contributed by atoms with Gasteiger partial charge in [0, 0.05) is 48.7 Å². The Labute approximate surface area is 238 Å². The van der Waals surface area contributed by atoms with E-state index in [9.17, 15) is 9.59 Å². The van der Waals surface area contributed by atoms with Gasteiger partial charge in [-0.3, -0.25) is 0 Å². The van der Waals surface area contributed by atoms with E-state index in [1.165, 1.54) is 11.4 Å². The number of nitrogens with two attached hydrogens (primary N) is 1. The van der Waals surface area contributed by atoms with Crippen LogP contribution in [0.3, 0.4) is 0 Å². The van der Waals surface area contributed by atoms with Crippen LogP contribution in [0.25, 0.3) is 5.57 Å². The van der Waals surface area contributed by atoms with Crippen molar-refractivity contribution in [1.82, 2.24) is 20.6 Å². The van der Waals surface area contributed by atoms with Gasteiger partial charge >= 0.3 is 6.03 Å². The number of allylic oxidation sites excluding steroid dienone is 2. The molecule has 1 aliphatic rings. The molecule has 2 aromatic rings. The zero-order valence-electron chi connectivity index (χ0n) is 24.5. The number of aromatic nitrogens is 2. The van der Waals surface area contributed by atoms with Crippen LogP contribution >= 0.6 is 0 Å². The van der Waals surface area contributed by atoms with E-state index in [4.69, 9.17) is 5.84 Å². The molecule has 1 heterocycles. The van der Waals surface area contributed by atoms with Crippen LogP contribution in [0, 0.1) is 6.92 Å². The van der Waals surface area contributed by atoms with E-state index in [1.807, 2.05) is 44.2 Å². The second-order valence-corrected chi connectivity index (χ2v) is 10.6. The smallest absolute Gasteiger partial charge is 0.319 e. The second-order valence-electron chi connectivity index (χ2n) is 10.6. The molecule has 4 N–H and O–H groups in total. The standard InChI is InChI=1S/C31H45N7O2/c1-6-18-37(19-10-11-24(4)39)27-14-16-28(17-15-27)38(32)30-33-21-29(25(5)35-30)22(2)20-23(3)34-31(40)36-26-12-8-7-9-13-26/h14-17,20-21,26H,3,6-13,18-19,32H2,1-2,4-5H3,(H2,34,36,40)/b22-20-. The van der Waals surface area contributed by atoms with Gasteiger partial charge in [0.2, 0.25) is 5.95 Å². The highest BCUT2D eigenvalue weighted by atomic mass is 16.2. The number of amides is 2. The first-order valence-corrected chi connectivity index (χ1v) is 14.4. The van der Waals surface area contributed by atoms with Crippen LogP contribution in [0.1, 0.15) is 83.4 Å². The molecule has 3 rings (SSSR count). The minimum atomic E-state index is -0.220. The summed E-state index contributed by atoms with van der Waals surface area (Å²) in [6.07, 6.45) is 11.6. The first kappa shape index (κ1) is 30.8. The van der Waals surface area contributed by atoms with Crippen molar-refractivity contribution in [1.29, 1.82) is 0 Å². The van der Waals surface area contributed by atoms with Crippen molar-refractivity contribution < 1.29 is 9.59 Å². The normalized spacial score (nSPS) is 14.0. The van der Waals surface area contributed by atoms with Crippen molar-refractivity contribution in [3.8, 4) is 0 Å². The van der Waals surface area contributed by atoms with Crippen LogP contribution in [0.4, 0.5) is 22.1 Å². The molecule has 0 saturated heterocycles. The summed E-state index contributed by atoms with van der Waals surface area (Å²) < 4.78 is 0. The minimum absolute atomic E-state index is 0.219. The molecule has 0 unspecified atom stereocenters. The quantitative estimate of drug-likeness (QED) is 0.162. The first-order chi connectivity index (χ1) is 19.2. The third kappa shape index (κ3) is 9.19. The number of nitrogens with one attached hydrogen (secondary N) is 2. The molecule has 1 aromatic carbocycles. The van der Waals surface area contributed by atoms with Crippen molar-refractivity contribution in [2.24, 2.45) is 5.84 Å². The fourth-order valence-corrected chi connectivity index (χ4v) is 5.05. The van der Waals surface area contributed by atoms with Gasteiger partial charge in [0.25, 0.3) is 0 Å². The molecular formula is C31H45N7O2. The molecule has 1 aromatic heterocycles. The Balaban J connectivity index is 1.62. The van der Waals surface area contributed by atoms with Gasteiger partial charge in [-0.05, 0) is 82.4 Å². The van der Waals surface area contributed by atoms with Crippen LogP contribution in [0.15, 0.2) is 48.8 Å². The Morgan fingerprint density at radius 3 is 2.40 bits per heavy atom. The number of carbonyl (C=O) groups is 2. The highest BCUT2D eigenvalue weighted by Crippen LogP contribution is 2.25. The highest BCUT2D eigenvalue weighted by Gasteiger charge is 2.16.